The lowest BCUT2D eigenvalue weighted by molar-refractivity contribution is -0.139. The first-order valence-corrected chi connectivity index (χ1v) is 8.73. The molecule has 0 rings (SSSR count). The number of aliphatic carboxylic acids is 1. The van der Waals surface area contributed by atoms with Crippen molar-refractivity contribution in [2.24, 2.45) is 0 Å². The van der Waals surface area contributed by atoms with E-state index in [2.05, 4.69) is 0 Å². The van der Waals surface area contributed by atoms with Crippen molar-refractivity contribution >= 4 is 25.8 Å². The number of carboxylic acids is 1. The quantitative estimate of drug-likeness (QED) is 0.689. The van der Waals surface area contributed by atoms with Gasteiger partial charge in [-0.2, -0.15) is 0 Å². The molecule has 2 N–H and O–H groups in total. The predicted octanol–water partition coefficient (Wildman–Crippen LogP) is -0.408. The Labute approximate surface area is 108 Å². The Balaban J connectivity index is 4.93. The minimum atomic E-state index is -3.84. The van der Waals surface area contributed by atoms with Gasteiger partial charge in [0.2, 0.25) is 10.0 Å². The summed E-state index contributed by atoms with van der Waals surface area (Å²) in [6, 6.07) is -1.44. The second-order valence-electron chi connectivity index (χ2n) is 5.04. The first kappa shape index (κ1) is 17.3. The van der Waals surface area contributed by atoms with E-state index < -0.39 is 42.4 Å². The van der Waals surface area contributed by atoms with E-state index in [9.17, 15) is 21.6 Å². The van der Waals surface area contributed by atoms with E-state index in [1.54, 1.807) is 0 Å². The maximum Gasteiger partial charge on any atom is 0.321 e. The number of sulfonamides is 1. The van der Waals surface area contributed by atoms with Crippen molar-refractivity contribution in [3.05, 3.63) is 0 Å². The third-order valence-corrected chi connectivity index (χ3v) is 5.36. The van der Waals surface area contributed by atoms with Crippen LogP contribution in [0, 0.1) is 0 Å². The van der Waals surface area contributed by atoms with Crippen LogP contribution in [0.15, 0.2) is 0 Å². The van der Waals surface area contributed by atoms with Gasteiger partial charge in [-0.25, -0.2) is 21.6 Å². The lowest BCUT2D eigenvalue weighted by atomic mass is 10.2. The predicted molar refractivity (Wildman–Crippen MR) is 67.6 cm³/mol. The summed E-state index contributed by atoms with van der Waals surface area (Å²) in [6.45, 7) is 4.26. The van der Waals surface area contributed by atoms with Gasteiger partial charge in [-0.1, -0.05) is 0 Å². The highest BCUT2D eigenvalue weighted by Gasteiger charge is 2.33. The second-order valence-corrected chi connectivity index (χ2v) is 9.77. The van der Waals surface area contributed by atoms with Crippen molar-refractivity contribution in [3.63, 3.8) is 0 Å². The van der Waals surface area contributed by atoms with Gasteiger partial charge in [-0.15, -0.1) is 0 Å². The van der Waals surface area contributed by atoms with Gasteiger partial charge >= 0.3 is 5.97 Å². The van der Waals surface area contributed by atoms with Gasteiger partial charge in [0.15, 0.2) is 0 Å². The summed E-state index contributed by atoms with van der Waals surface area (Å²) in [5, 5.41) is 8.88. The molecule has 0 aliphatic rings. The van der Waals surface area contributed by atoms with Gasteiger partial charge in [-0.05, 0) is 27.2 Å². The fraction of sp³-hybridized carbons (Fsp3) is 0.889. The Hall–Kier alpha value is -0.670. The summed E-state index contributed by atoms with van der Waals surface area (Å²) < 4.78 is 46.3. The molecule has 0 spiro atoms. The van der Waals surface area contributed by atoms with Crippen molar-refractivity contribution in [1.82, 2.24) is 4.72 Å². The molecular weight excluding hydrogens is 282 g/mol. The number of rotatable bonds is 6. The minimum Gasteiger partial charge on any atom is -0.480 e. The van der Waals surface area contributed by atoms with Gasteiger partial charge in [0.1, 0.15) is 15.9 Å². The van der Waals surface area contributed by atoms with E-state index in [0.717, 1.165) is 6.26 Å². The highest BCUT2D eigenvalue weighted by Crippen LogP contribution is 2.14. The van der Waals surface area contributed by atoms with E-state index >= 15 is 0 Å². The van der Waals surface area contributed by atoms with E-state index in [1.165, 1.54) is 20.8 Å². The number of carboxylic acid groups (broad SMARTS) is 1. The Morgan fingerprint density at radius 1 is 1.22 bits per heavy atom. The molecule has 0 bridgehead atoms. The monoisotopic (exact) mass is 301 g/mol. The van der Waals surface area contributed by atoms with Crippen LogP contribution < -0.4 is 4.72 Å². The summed E-state index contributed by atoms with van der Waals surface area (Å²) >= 11 is 0. The molecule has 0 saturated carbocycles. The number of carbonyl (C=O) groups is 1. The molecule has 18 heavy (non-hydrogen) atoms. The van der Waals surface area contributed by atoms with Crippen molar-refractivity contribution < 1.29 is 26.7 Å². The van der Waals surface area contributed by atoms with Crippen LogP contribution in [0.5, 0.6) is 0 Å². The van der Waals surface area contributed by atoms with E-state index in [0.29, 0.717) is 0 Å². The first-order chi connectivity index (χ1) is 7.76. The highest BCUT2D eigenvalue weighted by molar-refractivity contribution is 7.91. The fourth-order valence-electron chi connectivity index (χ4n) is 0.929. The van der Waals surface area contributed by atoms with Gasteiger partial charge < -0.3 is 5.11 Å². The molecule has 0 aliphatic heterocycles. The summed E-state index contributed by atoms with van der Waals surface area (Å²) in [7, 11) is -7.18. The van der Waals surface area contributed by atoms with Crippen LogP contribution in [-0.2, 0) is 24.7 Å². The van der Waals surface area contributed by atoms with Crippen LogP contribution in [-0.4, -0.2) is 50.7 Å². The zero-order valence-electron chi connectivity index (χ0n) is 10.8. The molecule has 0 saturated heterocycles. The zero-order chi connectivity index (χ0) is 14.8. The largest absolute Gasteiger partial charge is 0.480 e. The highest BCUT2D eigenvalue weighted by atomic mass is 32.2. The maximum absolute atomic E-state index is 11.8. The number of sulfone groups is 1. The van der Waals surface area contributed by atoms with Crippen molar-refractivity contribution in [3.8, 4) is 0 Å². The lowest BCUT2D eigenvalue weighted by Crippen LogP contribution is -2.48. The molecule has 0 radical (unpaired) electrons. The van der Waals surface area contributed by atoms with Crippen LogP contribution in [0.4, 0.5) is 0 Å². The Morgan fingerprint density at radius 2 is 1.67 bits per heavy atom. The molecule has 0 aromatic heterocycles. The molecule has 7 nitrogen and oxygen atoms in total. The van der Waals surface area contributed by atoms with E-state index in [4.69, 9.17) is 5.11 Å². The van der Waals surface area contributed by atoms with Gasteiger partial charge in [0.25, 0.3) is 0 Å². The number of hydrogen-bond acceptors (Lipinski definition) is 5. The minimum absolute atomic E-state index is 0.302. The smallest absolute Gasteiger partial charge is 0.321 e. The molecule has 0 aromatic rings. The third kappa shape index (κ3) is 5.78. The van der Waals surface area contributed by atoms with Crippen LogP contribution in [0.3, 0.4) is 0 Å². The number of hydrogen-bond donors (Lipinski definition) is 2. The summed E-state index contributed by atoms with van der Waals surface area (Å²) in [6.07, 6.45) is 0.660. The average Bonchev–Trinajstić information content (AvgIpc) is 2.08. The normalized spacial score (nSPS) is 15.3. The zero-order valence-corrected chi connectivity index (χ0v) is 12.4. The lowest BCUT2D eigenvalue weighted by Gasteiger charge is -2.23. The SMILES string of the molecule is CC(C)(C)S(=O)(=O)NC(CCS(C)(=O)=O)C(=O)O. The van der Waals surface area contributed by atoms with E-state index in [1.807, 2.05) is 4.72 Å². The molecule has 108 valence electrons. The Bertz CT molecular complexity index is 500. The van der Waals surface area contributed by atoms with Crippen LogP contribution in [0.1, 0.15) is 27.2 Å². The van der Waals surface area contributed by atoms with Gasteiger partial charge in [0.05, 0.1) is 10.5 Å². The summed E-state index contributed by atoms with van der Waals surface area (Å²) in [4.78, 5) is 10.9. The van der Waals surface area contributed by atoms with Crippen LogP contribution in [0.2, 0.25) is 0 Å². The first-order valence-electron chi connectivity index (χ1n) is 5.19. The third-order valence-electron chi connectivity index (χ3n) is 2.18. The molecular formula is C9H19NO6S2. The van der Waals surface area contributed by atoms with Crippen molar-refractivity contribution in [2.75, 3.05) is 12.0 Å². The fourth-order valence-corrected chi connectivity index (χ4v) is 2.54. The average molecular weight is 301 g/mol. The topological polar surface area (TPSA) is 118 Å². The molecule has 0 fully saturated rings. The molecule has 9 heteroatoms. The molecule has 0 heterocycles. The molecule has 0 aliphatic carbocycles. The standard InChI is InChI=1S/C9H19NO6S2/c1-9(2,3)18(15,16)10-7(8(11)12)5-6-17(4,13)14/h7,10H,5-6H2,1-4H3,(H,11,12). The molecule has 0 amide bonds. The van der Waals surface area contributed by atoms with E-state index in [-0.39, 0.29) is 6.42 Å². The van der Waals surface area contributed by atoms with Crippen molar-refractivity contribution in [1.29, 1.82) is 0 Å². The van der Waals surface area contributed by atoms with Gasteiger partial charge in [0, 0.05) is 6.26 Å². The molecule has 1 unspecified atom stereocenters. The summed E-state index contributed by atoms with van der Waals surface area (Å²) in [5.74, 6) is -1.79. The maximum atomic E-state index is 11.8. The molecule has 1 atom stereocenters. The van der Waals surface area contributed by atoms with Crippen molar-refractivity contribution in [2.45, 2.75) is 38.0 Å². The number of nitrogens with one attached hydrogen (secondary N) is 1. The Morgan fingerprint density at radius 3 is 1.94 bits per heavy atom. The summed E-state index contributed by atoms with van der Waals surface area (Å²) in [5.41, 5.74) is 0. The second kappa shape index (κ2) is 5.54. The Kier molecular flexibility index (Phi) is 5.33. The van der Waals surface area contributed by atoms with Gasteiger partial charge in [-0.3, -0.25) is 4.79 Å². The van der Waals surface area contributed by atoms with Crippen LogP contribution in [0.25, 0.3) is 0 Å². The van der Waals surface area contributed by atoms with Crippen LogP contribution >= 0.6 is 0 Å². The molecule has 0 aromatic carbocycles.